The predicted octanol–water partition coefficient (Wildman–Crippen LogP) is 6.71. The Kier molecular flexibility index (Phi) is 9.27. The first-order chi connectivity index (χ1) is 18.1. The van der Waals surface area contributed by atoms with Gasteiger partial charge >= 0.3 is 0 Å². The number of carbonyl (C=O) groups excluding carboxylic acids is 3. The number of nitrogens with one attached hydrogen (secondary N) is 1. The van der Waals surface area contributed by atoms with E-state index in [0.29, 0.717) is 27.6 Å². The number of para-hydroxylation sites is 1. The first-order valence-corrected chi connectivity index (χ1v) is 14.1. The van der Waals surface area contributed by atoms with Gasteiger partial charge in [0.05, 0.1) is 27.7 Å². The standard InChI is InChI=1S/C25H16ClI2N3O6S/c26-17-6-1-2-7-20(17)29-22(32)12-30-24(33)21(38-25(30)34)11-15-9-18(27)23(19(28)10-15)37-13-14-4-3-5-16(8-14)31(35)36/h1-11H,12-13H2,(H,29,32)/b21-11+. The third-order valence-electron chi connectivity index (χ3n) is 5.15. The van der Waals surface area contributed by atoms with Gasteiger partial charge in [0, 0.05) is 12.1 Å². The molecule has 3 aromatic carbocycles. The summed E-state index contributed by atoms with van der Waals surface area (Å²) < 4.78 is 7.43. The van der Waals surface area contributed by atoms with E-state index in [0.717, 1.165) is 23.8 Å². The molecule has 0 atom stereocenters. The maximum Gasteiger partial charge on any atom is 0.294 e. The van der Waals surface area contributed by atoms with E-state index in [1.54, 1.807) is 54.6 Å². The minimum atomic E-state index is -0.565. The first-order valence-electron chi connectivity index (χ1n) is 10.8. The molecular weight excluding hydrogens is 760 g/mol. The van der Waals surface area contributed by atoms with Crippen molar-refractivity contribution in [3.8, 4) is 5.75 Å². The number of non-ortho nitro benzene ring substituents is 1. The highest BCUT2D eigenvalue weighted by Gasteiger charge is 2.36. The van der Waals surface area contributed by atoms with E-state index in [-0.39, 0.29) is 17.2 Å². The molecule has 0 aliphatic carbocycles. The zero-order valence-corrected chi connectivity index (χ0v) is 25.0. The van der Waals surface area contributed by atoms with Gasteiger partial charge in [0.25, 0.3) is 16.8 Å². The number of carbonyl (C=O) groups is 3. The number of halogens is 3. The summed E-state index contributed by atoms with van der Waals surface area (Å²) in [6.07, 6.45) is 1.59. The van der Waals surface area contributed by atoms with Crippen LogP contribution in [0.4, 0.5) is 16.2 Å². The van der Waals surface area contributed by atoms with E-state index in [1.165, 1.54) is 12.1 Å². The van der Waals surface area contributed by atoms with Gasteiger partial charge < -0.3 is 10.1 Å². The van der Waals surface area contributed by atoms with Gasteiger partial charge in [-0.3, -0.25) is 29.4 Å². The Morgan fingerprint density at radius 3 is 2.50 bits per heavy atom. The van der Waals surface area contributed by atoms with Crippen LogP contribution < -0.4 is 10.1 Å². The monoisotopic (exact) mass is 775 g/mol. The van der Waals surface area contributed by atoms with E-state index in [4.69, 9.17) is 16.3 Å². The summed E-state index contributed by atoms with van der Waals surface area (Å²) in [5.41, 5.74) is 1.70. The molecule has 1 aliphatic heterocycles. The molecule has 1 saturated heterocycles. The van der Waals surface area contributed by atoms with E-state index in [9.17, 15) is 24.5 Å². The number of nitrogens with zero attached hydrogens (tertiary/aromatic N) is 2. The van der Waals surface area contributed by atoms with E-state index < -0.39 is 28.5 Å². The number of anilines is 1. The van der Waals surface area contributed by atoms with Gasteiger partial charge in [0.2, 0.25) is 5.91 Å². The Balaban J connectivity index is 1.44. The second-order valence-electron chi connectivity index (χ2n) is 7.83. The molecule has 194 valence electrons. The largest absolute Gasteiger partial charge is 0.487 e. The number of rotatable bonds is 8. The van der Waals surface area contributed by atoms with Crippen LogP contribution in [0.5, 0.6) is 5.75 Å². The van der Waals surface area contributed by atoms with Gasteiger partial charge in [0.15, 0.2) is 0 Å². The molecule has 38 heavy (non-hydrogen) atoms. The maximum absolute atomic E-state index is 12.9. The number of nitro benzene ring substituents is 1. The quantitative estimate of drug-likeness (QED) is 0.117. The first kappa shape index (κ1) is 28.3. The summed E-state index contributed by atoms with van der Waals surface area (Å²) >= 11 is 11.0. The highest BCUT2D eigenvalue weighted by molar-refractivity contribution is 14.1. The van der Waals surface area contributed by atoms with Crippen LogP contribution in [0.2, 0.25) is 5.02 Å². The summed E-state index contributed by atoms with van der Waals surface area (Å²) in [5, 5.41) is 13.4. The second kappa shape index (κ2) is 12.4. The van der Waals surface area contributed by atoms with Crippen LogP contribution in [0.3, 0.4) is 0 Å². The Hall–Kier alpha value is -2.69. The lowest BCUT2D eigenvalue weighted by molar-refractivity contribution is -0.384. The molecule has 1 heterocycles. The van der Waals surface area contributed by atoms with Crippen LogP contribution >= 0.6 is 68.5 Å². The fourth-order valence-electron chi connectivity index (χ4n) is 3.40. The number of hydrogen-bond donors (Lipinski definition) is 1. The van der Waals surface area contributed by atoms with Gasteiger partial charge in [-0.1, -0.05) is 35.9 Å². The van der Waals surface area contributed by atoms with E-state index in [2.05, 4.69) is 50.5 Å². The van der Waals surface area contributed by atoms with Crippen molar-refractivity contribution in [1.82, 2.24) is 4.90 Å². The van der Waals surface area contributed by atoms with Crippen molar-refractivity contribution in [2.45, 2.75) is 6.61 Å². The Bertz CT molecular complexity index is 1480. The van der Waals surface area contributed by atoms with Crippen LogP contribution in [-0.2, 0) is 16.2 Å². The van der Waals surface area contributed by atoms with Crippen molar-refractivity contribution in [3.63, 3.8) is 0 Å². The van der Waals surface area contributed by atoms with Gasteiger partial charge in [-0.25, -0.2) is 0 Å². The van der Waals surface area contributed by atoms with Crippen molar-refractivity contribution < 1.29 is 24.0 Å². The minimum Gasteiger partial charge on any atom is -0.487 e. The third kappa shape index (κ3) is 6.84. The van der Waals surface area contributed by atoms with Gasteiger partial charge in [-0.05, 0) is 98.4 Å². The number of benzene rings is 3. The minimum absolute atomic E-state index is 0.0128. The second-order valence-corrected chi connectivity index (χ2v) is 11.6. The average molecular weight is 776 g/mol. The van der Waals surface area contributed by atoms with Crippen molar-refractivity contribution in [2.24, 2.45) is 0 Å². The third-order valence-corrected chi connectivity index (χ3v) is 7.99. The highest BCUT2D eigenvalue weighted by atomic mass is 127. The molecule has 13 heteroatoms. The number of thioether (sulfide) groups is 1. The molecule has 1 aliphatic rings. The van der Waals surface area contributed by atoms with Crippen LogP contribution in [0.15, 0.2) is 65.6 Å². The van der Waals surface area contributed by atoms with Crippen molar-refractivity contribution in [1.29, 1.82) is 0 Å². The summed E-state index contributed by atoms with van der Waals surface area (Å²) in [6.45, 7) is -0.297. The van der Waals surface area contributed by atoms with Crippen LogP contribution in [-0.4, -0.2) is 33.4 Å². The van der Waals surface area contributed by atoms with Gasteiger partial charge in [-0.15, -0.1) is 0 Å². The maximum atomic E-state index is 12.9. The number of amides is 3. The molecule has 9 nitrogen and oxygen atoms in total. The predicted molar refractivity (Wildman–Crippen MR) is 162 cm³/mol. The molecule has 0 spiro atoms. The average Bonchev–Trinajstić information content (AvgIpc) is 3.12. The summed E-state index contributed by atoms with van der Waals surface area (Å²) in [4.78, 5) is 49.4. The lowest BCUT2D eigenvalue weighted by atomic mass is 10.2. The Labute approximate surface area is 253 Å². The number of ether oxygens (including phenoxy) is 1. The fourth-order valence-corrected chi connectivity index (χ4v) is 6.55. The molecule has 1 fully saturated rings. The van der Waals surface area contributed by atoms with Crippen LogP contribution in [0.1, 0.15) is 11.1 Å². The molecule has 0 saturated carbocycles. The summed E-state index contributed by atoms with van der Waals surface area (Å²) in [5.74, 6) is -0.513. The fraction of sp³-hybridized carbons (Fsp3) is 0.0800. The lowest BCUT2D eigenvalue weighted by Gasteiger charge is -2.13. The Morgan fingerprint density at radius 2 is 1.82 bits per heavy atom. The molecule has 0 bridgehead atoms. The number of nitro groups is 1. The summed E-state index contributed by atoms with van der Waals surface area (Å²) in [7, 11) is 0. The molecule has 4 rings (SSSR count). The normalized spacial score (nSPS) is 14.2. The van der Waals surface area contributed by atoms with Crippen LogP contribution in [0, 0.1) is 17.3 Å². The van der Waals surface area contributed by atoms with Crippen LogP contribution in [0.25, 0.3) is 6.08 Å². The molecule has 0 radical (unpaired) electrons. The number of imide groups is 1. The summed E-state index contributed by atoms with van der Waals surface area (Å²) in [6, 6.07) is 16.5. The topological polar surface area (TPSA) is 119 Å². The smallest absolute Gasteiger partial charge is 0.294 e. The number of hydrogen-bond acceptors (Lipinski definition) is 7. The van der Waals surface area contributed by atoms with E-state index >= 15 is 0 Å². The molecule has 0 unspecified atom stereocenters. The molecule has 0 aromatic heterocycles. The van der Waals surface area contributed by atoms with Crippen molar-refractivity contribution in [2.75, 3.05) is 11.9 Å². The Morgan fingerprint density at radius 1 is 1.11 bits per heavy atom. The molecule has 3 aromatic rings. The highest BCUT2D eigenvalue weighted by Crippen LogP contribution is 2.35. The van der Waals surface area contributed by atoms with Crippen molar-refractivity contribution in [3.05, 3.63) is 99.0 Å². The van der Waals surface area contributed by atoms with Gasteiger partial charge in [-0.2, -0.15) is 0 Å². The molecule has 1 N–H and O–H groups in total. The van der Waals surface area contributed by atoms with Gasteiger partial charge in [0.1, 0.15) is 18.9 Å². The molecular formula is C25H16ClI2N3O6S. The lowest BCUT2D eigenvalue weighted by Crippen LogP contribution is -2.36. The zero-order valence-electron chi connectivity index (χ0n) is 19.2. The SMILES string of the molecule is O=C(CN1C(=O)S/C(=C/c2cc(I)c(OCc3cccc([N+](=O)[O-])c3)c(I)c2)C1=O)Nc1ccccc1Cl. The molecule has 3 amide bonds. The van der Waals surface area contributed by atoms with Crippen molar-refractivity contribution >= 4 is 103 Å². The van der Waals surface area contributed by atoms with E-state index in [1.807, 2.05) is 0 Å². The zero-order chi connectivity index (χ0) is 27.4.